The maximum atomic E-state index is 13.9. The summed E-state index contributed by atoms with van der Waals surface area (Å²) in [5, 5.41) is 89.5. The normalized spacial score (nSPS) is 19.7. The van der Waals surface area contributed by atoms with Gasteiger partial charge in [-0.05, 0) is 99.9 Å². The molecule has 664 valence electrons. The number of carbonyl (C=O) groups excluding carboxylic acids is 3. The maximum Gasteiger partial charge on any atom is 0.325 e. The fourth-order valence-electron chi connectivity index (χ4n) is 11.2. The van der Waals surface area contributed by atoms with Crippen molar-refractivity contribution >= 4 is 44.6 Å². The fourth-order valence-corrected chi connectivity index (χ4v) is 12.4. The number of hydrogen-bond acceptors (Lipinski definition) is 30. The summed E-state index contributed by atoms with van der Waals surface area (Å²) in [7, 11) is -8.84. The topological polar surface area (TPSA) is 530 Å². The molecule has 0 radical (unpaired) electrons. The zero-order valence-electron chi connectivity index (χ0n) is 64.6. The molecule has 10 atom stereocenters. The average Bonchev–Trinajstić information content (AvgIpc) is 0.900. The van der Waals surface area contributed by atoms with Gasteiger partial charge in [0.1, 0.15) is 48.1 Å². The number of aliphatic hydroxyl groups is 6. The predicted molar refractivity (Wildman–Crippen MR) is 401 cm³/mol. The second-order valence-electron chi connectivity index (χ2n) is 26.8. The van der Waals surface area contributed by atoms with Crippen LogP contribution in [0.5, 0.6) is 17.2 Å². The Balaban J connectivity index is 0.685. The molecule has 0 bridgehead atoms. The number of carbonyl (C=O) groups is 3. The Morgan fingerprint density at radius 2 is 0.780 bits per heavy atom. The number of benzene rings is 3. The summed E-state index contributed by atoms with van der Waals surface area (Å²) in [5.41, 5.74) is 2.40. The third-order valence-electron chi connectivity index (χ3n) is 17.6. The van der Waals surface area contributed by atoms with Crippen molar-refractivity contribution in [2.75, 3.05) is 175 Å². The lowest BCUT2D eigenvalue weighted by molar-refractivity contribution is -0.272. The predicted octanol–water partition coefficient (Wildman–Crippen LogP) is 1.51. The van der Waals surface area contributed by atoms with Crippen molar-refractivity contribution in [3.8, 4) is 17.2 Å². The molecule has 0 aliphatic carbocycles. The zero-order valence-corrected chi connectivity index (χ0v) is 66.4. The first-order chi connectivity index (χ1) is 56.6. The summed E-state index contributed by atoms with van der Waals surface area (Å²) < 4.78 is 172. The number of aromatic nitrogens is 6. The van der Waals surface area contributed by atoms with E-state index in [1.807, 2.05) is 12.4 Å². The highest BCUT2D eigenvalue weighted by molar-refractivity contribution is 7.52. The number of nitrogens with one attached hydrogen (secondary N) is 4. The number of unbranched alkanes of at least 4 members (excludes halogenated alkanes) is 2. The van der Waals surface area contributed by atoms with Gasteiger partial charge >= 0.3 is 33.2 Å². The highest BCUT2D eigenvalue weighted by atomic mass is 31.2. The number of anilines is 2. The van der Waals surface area contributed by atoms with E-state index in [1.54, 1.807) is 9.36 Å². The second-order valence-corrected chi connectivity index (χ2v) is 30.3. The van der Waals surface area contributed by atoms with Crippen molar-refractivity contribution in [1.82, 2.24) is 45.5 Å². The van der Waals surface area contributed by atoms with Gasteiger partial charge in [0.2, 0.25) is 47.4 Å². The molecule has 4 heterocycles. The largest absolute Gasteiger partial charge is 0.462 e. The first kappa shape index (κ1) is 97.9. The quantitative estimate of drug-likeness (QED) is 0.00499. The van der Waals surface area contributed by atoms with Gasteiger partial charge in [0.15, 0.2) is 0 Å². The number of aliphatic hydroxyl groups excluding tert-OH is 6. The van der Waals surface area contributed by atoms with Crippen molar-refractivity contribution in [2.24, 2.45) is 0 Å². The smallest absolute Gasteiger partial charge is 0.325 e. The van der Waals surface area contributed by atoms with Crippen LogP contribution in [0.25, 0.3) is 0 Å². The average molecular weight is 1730 g/mol. The van der Waals surface area contributed by atoms with E-state index in [0.29, 0.717) is 169 Å². The van der Waals surface area contributed by atoms with Gasteiger partial charge in [-0.15, -0.1) is 10.2 Å². The fraction of sp³-hybridized carbons (Fsp3) is 0.648. The van der Waals surface area contributed by atoms with Crippen LogP contribution < -0.4 is 35.5 Å². The van der Waals surface area contributed by atoms with Crippen molar-refractivity contribution in [3.05, 3.63) is 101 Å². The van der Waals surface area contributed by atoms with E-state index in [2.05, 4.69) is 51.5 Å². The molecule has 2 fully saturated rings. The molecular weight excluding hydrogens is 1630 g/mol. The first-order valence-corrected chi connectivity index (χ1v) is 41.7. The van der Waals surface area contributed by atoms with Gasteiger partial charge in [0.25, 0.3) is 0 Å². The zero-order chi connectivity index (χ0) is 85.2. The molecule has 2 saturated heterocycles. The lowest BCUT2D eigenvalue weighted by Crippen LogP contribution is -2.59. The van der Waals surface area contributed by atoms with Crippen LogP contribution in [0.15, 0.2) is 60.9 Å². The molecule has 0 unspecified atom stereocenters. The van der Waals surface area contributed by atoms with E-state index >= 15 is 0 Å². The van der Waals surface area contributed by atoms with Crippen molar-refractivity contribution in [1.29, 1.82) is 0 Å². The van der Waals surface area contributed by atoms with E-state index in [4.69, 9.17) is 61.6 Å². The van der Waals surface area contributed by atoms with Crippen LogP contribution in [0.3, 0.4) is 0 Å². The minimum atomic E-state index is -4.42. The van der Waals surface area contributed by atoms with Gasteiger partial charge in [0.05, 0.1) is 174 Å². The van der Waals surface area contributed by atoms with Crippen LogP contribution in [0, 0.1) is 29.1 Å². The number of nitrogens with zero attached hydrogens (tertiary/aromatic N) is 7. The third kappa shape index (κ3) is 37.0. The Hall–Kier alpha value is -7.22. The highest BCUT2D eigenvalue weighted by Crippen LogP contribution is 2.39. The van der Waals surface area contributed by atoms with Crippen LogP contribution in [0.4, 0.5) is 42.9 Å². The van der Waals surface area contributed by atoms with Crippen LogP contribution in [-0.4, -0.2) is 329 Å². The van der Waals surface area contributed by atoms with Crippen LogP contribution in [-0.2, 0) is 92.0 Å². The number of rotatable bonds is 59. The first-order valence-electron chi connectivity index (χ1n) is 38.1. The standard InChI is InChI=1S/C71H106F5N11O29P2/c72-56-57(73)59(75)67(60(76)58(56)74)116-55(88)15-25-103-31-37-109-38-32-104-26-20-85(21-27-105-33-39-110-41-35-107-29-23-86-45-49(81-83-86)5-1-3-18-77-70(95)79-47-7-11-51(12-8-47)112-68-65(93)63(91)61(89)53(114-68)16-43-117(97,98)99)22-28-106-34-40-111-42-36-108-30-24-87-46-50(82-84-87)6-2-4-19-78-71(96)80-48-9-13-52(14-10-48)113-69-66(94)64(92)62(90)54(115-69)17-44-118(100,101)102/h7-14,45-46,53-54,61-66,68-69,89-94H,1-6,15-44H2,(H2,77,79,95)(H2,78,80,96)(H2,97,98,99)(H2,100,101,102)/t53-,54-,61-,62-,63+,64+,65+,66+,68+,69+/m1/s1. The molecule has 47 heteroatoms. The van der Waals surface area contributed by atoms with Crippen molar-refractivity contribution in [2.45, 2.75) is 132 Å². The summed E-state index contributed by atoms with van der Waals surface area (Å²) >= 11 is 0. The Morgan fingerprint density at radius 1 is 0.441 bits per heavy atom. The molecule has 3 aromatic carbocycles. The Bertz CT molecular complexity index is 3620. The van der Waals surface area contributed by atoms with Crippen LogP contribution in [0.1, 0.15) is 56.3 Å². The van der Waals surface area contributed by atoms with Gasteiger partial charge < -0.3 is 138 Å². The molecule has 118 heavy (non-hydrogen) atoms. The van der Waals surface area contributed by atoms with Crippen molar-refractivity contribution in [3.63, 3.8) is 0 Å². The number of esters is 1. The third-order valence-corrected chi connectivity index (χ3v) is 19.3. The number of amides is 4. The van der Waals surface area contributed by atoms with Gasteiger partial charge in [-0.25, -0.2) is 32.1 Å². The molecule has 14 N–H and O–H groups in total. The van der Waals surface area contributed by atoms with Gasteiger partial charge in [-0.2, -0.15) is 8.78 Å². The van der Waals surface area contributed by atoms with Gasteiger partial charge in [-0.3, -0.25) is 18.8 Å². The monoisotopic (exact) mass is 1730 g/mol. The minimum Gasteiger partial charge on any atom is -0.462 e. The lowest BCUT2D eigenvalue weighted by Gasteiger charge is -2.40. The molecular formula is C71H106F5N11O29P2. The SMILES string of the molecule is O=C(NCCCCc1cn(CCOCCOCCOCCN(CCOCCOCCOCCC(=O)Oc2c(F)c(F)c(F)c(F)c2F)CCOCCOCCOCCn2cc(CCCCNC(=O)Nc3ccc(O[C@H]4O[C@H](CCP(=O)(O)O)[C@@H](O)[C@H](O)[C@@H]4O)cc3)nn2)nn1)Nc1ccc(O[C@H]2O[C@H](CCP(=O)(O)O)[C@@H](O)[C@H](O)[C@@H]2O)cc1. The van der Waals surface area contributed by atoms with Crippen LogP contribution in [0.2, 0.25) is 0 Å². The van der Waals surface area contributed by atoms with E-state index < -0.39 is 148 Å². The van der Waals surface area contributed by atoms with E-state index in [9.17, 15) is 95.7 Å². The van der Waals surface area contributed by atoms with Gasteiger partial charge in [-0.1, -0.05) is 10.4 Å². The summed E-state index contributed by atoms with van der Waals surface area (Å²) in [6.45, 7) is 8.04. The minimum absolute atomic E-state index is 0.00750. The molecule has 2 aromatic heterocycles. The van der Waals surface area contributed by atoms with E-state index in [0.717, 1.165) is 24.2 Å². The second kappa shape index (κ2) is 52.8. The number of halogens is 5. The molecule has 40 nitrogen and oxygen atoms in total. The number of ether oxygens (including phenoxy) is 14. The molecule has 5 aromatic rings. The number of hydrogen-bond donors (Lipinski definition) is 14. The Morgan fingerprint density at radius 3 is 1.14 bits per heavy atom. The highest BCUT2D eigenvalue weighted by Gasteiger charge is 2.47. The van der Waals surface area contributed by atoms with E-state index in [-0.39, 0.29) is 57.4 Å². The summed E-state index contributed by atoms with van der Waals surface area (Å²) in [6.07, 6.45) is -9.90. The Kier molecular flexibility index (Phi) is 43.8. The molecule has 0 spiro atoms. The van der Waals surface area contributed by atoms with Crippen LogP contribution >= 0.6 is 15.2 Å². The Labute approximate surface area is 675 Å². The number of aryl methyl sites for hydroxylation is 2. The maximum absolute atomic E-state index is 13.9. The molecule has 2 aliphatic rings. The summed E-state index contributed by atoms with van der Waals surface area (Å²) in [6, 6.07) is 11.1. The van der Waals surface area contributed by atoms with Gasteiger partial charge in [0, 0.05) is 56.5 Å². The van der Waals surface area contributed by atoms with Crippen molar-refractivity contribution < 1.29 is 162 Å². The molecule has 0 saturated carbocycles. The summed E-state index contributed by atoms with van der Waals surface area (Å²) in [5.74, 6) is -14.0. The molecule has 7 rings (SSSR count). The number of urea groups is 2. The molecule has 4 amide bonds. The lowest BCUT2D eigenvalue weighted by atomic mass is 9.97. The van der Waals surface area contributed by atoms with E-state index in [1.165, 1.54) is 48.5 Å². The molecule has 2 aliphatic heterocycles. The summed E-state index contributed by atoms with van der Waals surface area (Å²) in [4.78, 5) is 76.0.